The van der Waals surface area contributed by atoms with Crippen LogP contribution in [0.3, 0.4) is 0 Å². The quantitative estimate of drug-likeness (QED) is 0.177. The average Bonchev–Trinajstić information content (AvgIpc) is 3.55. The topological polar surface area (TPSA) is 51.8 Å². The van der Waals surface area contributed by atoms with Crippen molar-refractivity contribution in [2.75, 3.05) is 0 Å². The summed E-state index contributed by atoms with van der Waals surface area (Å²) in [5.41, 5.74) is 9.46. The molecule has 1 aliphatic rings. The van der Waals surface area contributed by atoms with E-state index in [4.69, 9.17) is 19.4 Å². The highest BCUT2D eigenvalue weighted by molar-refractivity contribution is 6.13. The molecule has 0 saturated heterocycles. The van der Waals surface area contributed by atoms with Gasteiger partial charge in [0, 0.05) is 27.5 Å². The summed E-state index contributed by atoms with van der Waals surface area (Å²) in [6.07, 6.45) is 0. The molecular formula is C47H35N3O. The third kappa shape index (κ3) is 4.36. The molecule has 4 heteroatoms. The maximum atomic E-state index is 6.27. The maximum Gasteiger partial charge on any atom is 0.164 e. The largest absolute Gasteiger partial charge is 0.456 e. The first-order chi connectivity index (χ1) is 24.8. The van der Waals surface area contributed by atoms with Gasteiger partial charge in [-0.15, -0.1) is 0 Å². The molecule has 0 amide bonds. The molecule has 0 N–H and O–H groups in total. The highest BCUT2D eigenvalue weighted by atomic mass is 16.3. The van der Waals surface area contributed by atoms with Crippen LogP contribution in [0.15, 0.2) is 144 Å². The molecule has 0 atom stereocenters. The van der Waals surface area contributed by atoms with Gasteiger partial charge in [-0.3, -0.25) is 0 Å². The summed E-state index contributed by atoms with van der Waals surface area (Å²) in [6, 6.07) is 49.3. The van der Waals surface area contributed by atoms with Gasteiger partial charge in [0.05, 0.1) is 0 Å². The number of fused-ring (bicyclic) bond motifs is 10. The number of aromatic nitrogens is 3. The minimum absolute atomic E-state index is 0.104. The second-order valence-electron chi connectivity index (χ2n) is 14.9. The van der Waals surface area contributed by atoms with Gasteiger partial charge >= 0.3 is 0 Å². The van der Waals surface area contributed by atoms with E-state index in [1.807, 2.05) is 42.5 Å². The number of rotatable bonds is 3. The highest BCUT2D eigenvalue weighted by Crippen LogP contribution is 2.56. The zero-order valence-corrected chi connectivity index (χ0v) is 29.0. The lowest BCUT2D eigenvalue weighted by atomic mass is 9.55. The Morgan fingerprint density at radius 1 is 0.412 bits per heavy atom. The van der Waals surface area contributed by atoms with Gasteiger partial charge in [0.15, 0.2) is 17.5 Å². The van der Waals surface area contributed by atoms with Crippen molar-refractivity contribution in [1.82, 2.24) is 15.0 Å². The molecule has 51 heavy (non-hydrogen) atoms. The fourth-order valence-corrected chi connectivity index (χ4v) is 8.22. The van der Waals surface area contributed by atoms with Gasteiger partial charge in [0.1, 0.15) is 11.2 Å². The second kappa shape index (κ2) is 10.7. The van der Waals surface area contributed by atoms with Gasteiger partial charge in [0.25, 0.3) is 0 Å². The van der Waals surface area contributed by atoms with Gasteiger partial charge in [-0.2, -0.15) is 0 Å². The van der Waals surface area contributed by atoms with E-state index in [2.05, 4.69) is 125 Å². The Labute approximate surface area is 296 Å². The van der Waals surface area contributed by atoms with E-state index in [1.165, 1.54) is 43.8 Å². The first-order valence-corrected chi connectivity index (χ1v) is 17.6. The molecule has 0 saturated carbocycles. The Bertz CT molecular complexity index is 2860. The fraction of sp³-hybridized carbons (Fsp3) is 0.128. The summed E-state index contributed by atoms with van der Waals surface area (Å²) >= 11 is 0. The van der Waals surface area contributed by atoms with Crippen LogP contribution in [0.2, 0.25) is 0 Å². The Morgan fingerprint density at radius 2 is 0.980 bits per heavy atom. The molecular weight excluding hydrogens is 623 g/mol. The van der Waals surface area contributed by atoms with Crippen LogP contribution < -0.4 is 0 Å². The van der Waals surface area contributed by atoms with E-state index in [0.717, 1.165) is 38.6 Å². The Kier molecular flexibility index (Phi) is 6.23. The smallest absolute Gasteiger partial charge is 0.164 e. The lowest BCUT2D eigenvalue weighted by Gasteiger charge is -2.48. The number of hydrogen-bond acceptors (Lipinski definition) is 4. The number of hydrogen-bond donors (Lipinski definition) is 0. The zero-order valence-electron chi connectivity index (χ0n) is 29.0. The van der Waals surface area contributed by atoms with Gasteiger partial charge in [-0.1, -0.05) is 143 Å². The monoisotopic (exact) mass is 657 g/mol. The summed E-state index contributed by atoms with van der Waals surface area (Å²) in [5, 5.41) is 7.24. The Morgan fingerprint density at radius 3 is 1.78 bits per heavy atom. The van der Waals surface area contributed by atoms with Crippen LogP contribution in [0.5, 0.6) is 0 Å². The molecule has 244 valence electrons. The predicted molar refractivity (Wildman–Crippen MR) is 210 cm³/mol. The molecule has 2 heterocycles. The van der Waals surface area contributed by atoms with Crippen LogP contribution in [-0.2, 0) is 10.8 Å². The molecule has 0 spiro atoms. The minimum atomic E-state index is -0.125. The Hall–Kier alpha value is -6.13. The van der Waals surface area contributed by atoms with Crippen LogP contribution in [0, 0.1) is 0 Å². The van der Waals surface area contributed by atoms with E-state index in [-0.39, 0.29) is 10.8 Å². The SMILES string of the molecule is CC1(C)c2ccc(-c3nc(-c4ccccc4)nc(-c4ccc5c(c4)oc4ccccc45)n3)cc2-c2c(ccc3c2ccc2ccccc23)C1(C)C. The lowest BCUT2D eigenvalue weighted by molar-refractivity contribution is 0.299. The van der Waals surface area contributed by atoms with Crippen molar-refractivity contribution in [1.29, 1.82) is 0 Å². The average molecular weight is 658 g/mol. The summed E-state index contributed by atoms with van der Waals surface area (Å²) in [7, 11) is 0. The van der Waals surface area contributed by atoms with E-state index < -0.39 is 0 Å². The van der Waals surface area contributed by atoms with Crippen LogP contribution in [0.25, 0.3) is 88.8 Å². The Balaban J connectivity index is 1.21. The van der Waals surface area contributed by atoms with Crippen LogP contribution in [0.1, 0.15) is 38.8 Å². The summed E-state index contributed by atoms with van der Waals surface area (Å²) in [6.45, 7) is 9.53. The number of benzene rings is 7. The fourth-order valence-electron chi connectivity index (χ4n) is 8.22. The molecule has 0 bridgehead atoms. The predicted octanol–water partition coefficient (Wildman–Crippen LogP) is 12.3. The van der Waals surface area contributed by atoms with Crippen molar-refractivity contribution in [3.63, 3.8) is 0 Å². The van der Waals surface area contributed by atoms with Gasteiger partial charge in [0.2, 0.25) is 0 Å². The molecule has 0 unspecified atom stereocenters. The number of furan rings is 1. The van der Waals surface area contributed by atoms with E-state index in [0.29, 0.717) is 17.5 Å². The van der Waals surface area contributed by atoms with E-state index in [9.17, 15) is 0 Å². The van der Waals surface area contributed by atoms with Crippen molar-refractivity contribution in [2.45, 2.75) is 38.5 Å². The third-order valence-electron chi connectivity index (χ3n) is 11.7. The van der Waals surface area contributed by atoms with Crippen molar-refractivity contribution < 1.29 is 4.42 Å². The third-order valence-corrected chi connectivity index (χ3v) is 11.7. The maximum absolute atomic E-state index is 6.27. The molecule has 1 aliphatic carbocycles. The number of nitrogens with zero attached hydrogens (tertiary/aromatic N) is 3. The lowest BCUT2D eigenvalue weighted by Crippen LogP contribution is -2.43. The van der Waals surface area contributed by atoms with Gasteiger partial charge < -0.3 is 4.42 Å². The second-order valence-corrected chi connectivity index (χ2v) is 14.9. The minimum Gasteiger partial charge on any atom is -0.456 e. The molecule has 10 rings (SSSR count). The van der Waals surface area contributed by atoms with Gasteiger partial charge in [-0.25, -0.2) is 15.0 Å². The first-order valence-electron chi connectivity index (χ1n) is 17.6. The molecule has 0 aliphatic heterocycles. The molecule has 0 fully saturated rings. The normalized spacial score (nSPS) is 14.6. The van der Waals surface area contributed by atoms with Crippen molar-refractivity contribution >= 4 is 43.5 Å². The summed E-state index contributed by atoms with van der Waals surface area (Å²) in [5.74, 6) is 1.88. The van der Waals surface area contributed by atoms with Crippen LogP contribution >= 0.6 is 0 Å². The zero-order chi connectivity index (χ0) is 34.5. The van der Waals surface area contributed by atoms with Crippen LogP contribution in [-0.4, -0.2) is 15.0 Å². The van der Waals surface area contributed by atoms with Crippen molar-refractivity contribution in [3.05, 3.63) is 151 Å². The van der Waals surface area contributed by atoms with Crippen molar-refractivity contribution in [3.8, 4) is 45.3 Å². The molecule has 0 radical (unpaired) electrons. The summed E-state index contributed by atoms with van der Waals surface area (Å²) in [4.78, 5) is 15.3. The van der Waals surface area contributed by atoms with Crippen molar-refractivity contribution in [2.24, 2.45) is 0 Å². The van der Waals surface area contributed by atoms with E-state index >= 15 is 0 Å². The first kappa shape index (κ1) is 29.8. The molecule has 9 aromatic rings. The molecule has 4 nitrogen and oxygen atoms in total. The summed E-state index contributed by atoms with van der Waals surface area (Å²) < 4.78 is 6.27. The molecule has 7 aromatic carbocycles. The standard InChI is InChI=1S/C47H35N3O/c1-46(2)38-24-20-30(26-37(38)42-36-22-18-28-12-8-9-15-32(28)33(36)23-25-39(42)47(46,3)4)44-48-43(29-13-6-5-7-14-29)49-45(50-44)31-19-21-35-34-16-10-11-17-40(34)51-41(35)27-31/h5-27H,1-4H3. The highest BCUT2D eigenvalue weighted by Gasteiger charge is 2.46. The molecule has 2 aromatic heterocycles. The number of para-hydroxylation sites is 1. The van der Waals surface area contributed by atoms with Gasteiger partial charge in [-0.05, 0) is 78.9 Å². The van der Waals surface area contributed by atoms with Crippen LogP contribution in [0.4, 0.5) is 0 Å². The van der Waals surface area contributed by atoms with E-state index in [1.54, 1.807) is 0 Å².